The van der Waals surface area contributed by atoms with E-state index in [0.717, 1.165) is 24.5 Å². The summed E-state index contributed by atoms with van der Waals surface area (Å²) in [5.74, 6) is 0.901. The molecule has 0 N–H and O–H groups in total. The minimum absolute atomic E-state index is 0.375. The molecule has 0 aliphatic rings. The molecule has 2 aromatic rings. The molecule has 102 valence electrons. The van der Waals surface area contributed by atoms with E-state index in [4.69, 9.17) is 4.74 Å². The van der Waals surface area contributed by atoms with E-state index >= 15 is 0 Å². The van der Waals surface area contributed by atoms with Gasteiger partial charge in [-0.15, -0.1) is 5.10 Å². The van der Waals surface area contributed by atoms with Gasteiger partial charge in [0.2, 0.25) is 0 Å². The molecule has 0 aliphatic heterocycles. The molecule has 0 unspecified atom stereocenters. The highest BCUT2D eigenvalue weighted by molar-refractivity contribution is 5.36. The van der Waals surface area contributed by atoms with Crippen molar-refractivity contribution in [3.05, 3.63) is 36.7 Å². The number of benzene rings is 1. The highest BCUT2D eigenvalue weighted by Gasteiger charge is 2.09. The molecule has 0 bridgehead atoms. The highest BCUT2D eigenvalue weighted by Crippen LogP contribution is 2.21. The van der Waals surface area contributed by atoms with E-state index in [0.29, 0.717) is 5.41 Å². The van der Waals surface area contributed by atoms with Gasteiger partial charge in [0.1, 0.15) is 5.75 Å². The first kappa shape index (κ1) is 13.6. The first-order chi connectivity index (χ1) is 9.04. The number of hydrogen-bond donors (Lipinski definition) is 0. The molecular weight excluding hydrogens is 238 g/mol. The van der Waals surface area contributed by atoms with Crippen LogP contribution in [0.5, 0.6) is 5.75 Å². The fraction of sp³-hybridized carbons (Fsp3) is 0.467. The smallest absolute Gasteiger partial charge is 0.119 e. The monoisotopic (exact) mass is 259 g/mol. The largest absolute Gasteiger partial charge is 0.494 e. The fourth-order valence-corrected chi connectivity index (χ4v) is 1.83. The van der Waals surface area contributed by atoms with E-state index in [2.05, 4.69) is 31.1 Å². The van der Waals surface area contributed by atoms with Crippen LogP contribution in [0, 0.1) is 5.41 Å². The summed E-state index contributed by atoms with van der Waals surface area (Å²) in [5.41, 5.74) is 1.36. The summed E-state index contributed by atoms with van der Waals surface area (Å²) < 4.78 is 7.45. The second-order valence-electron chi connectivity index (χ2n) is 5.85. The number of aromatic nitrogens is 3. The predicted octanol–water partition coefficient (Wildman–Crippen LogP) is 3.47. The van der Waals surface area contributed by atoms with Gasteiger partial charge < -0.3 is 4.74 Å². The van der Waals surface area contributed by atoms with E-state index in [1.54, 1.807) is 10.9 Å². The molecule has 1 aromatic carbocycles. The Bertz CT molecular complexity index is 483. The van der Waals surface area contributed by atoms with Gasteiger partial charge in [0.25, 0.3) is 0 Å². The lowest BCUT2D eigenvalue weighted by Crippen LogP contribution is -2.07. The molecule has 0 aliphatic carbocycles. The Morgan fingerprint density at radius 2 is 1.89 bits per heavy atom. The summed E-state index contributed by atoms with van der Waals surface area (Å²) in [6.45, 7) is 7.51. The van der Waals surface area contributed by atoms with E-state index in [1.165, 1.54) is 6.42 Å². The Kier molecular flexibility index (Phi) is 4.20. The van der Waals surface area contributed by atoms with Crippen molar-refractivity contribution in [1.29, 1.82) is 0 Å². The van der Waals surface area contributed by atoms with E-state index in [-0.39, 0.29) is 0 Å². The van der Waals surface area contributed by atoms with Crippen LogP contribution in [-0.2, 0) is 0 Å². The highest BCUT2D eigenvalue weighted by atomic mass is 16.5. The quantitative estimate of drug-likeness (QED) is 0.772. The van der Waals surface area contributed by atoms with Crippen molar-refractivity contribution in [2.75, 3.05) is 6.61 Å². The summed E-state index contributed by atoms with van der Waals surface area (Å²) >= 11 is 0. The van der Waals surface area contributed by atoms with Crippen LogP contribution in [0.4, 0.5) is 0 Å². The van der Waals surface area contributed by atoms with Crippen LogP contribution in [-0.4, -0.2) is 21.6 Å². The van der Waals surface area contributed by atoms with E-state index in [9.17, 15) is 0 Å². The van der Waals surface area contributed by atoms with Gasteiger partial charge in [-0.1, -0.05) is 26.0 Å². The van der Waals surface area contributed by atoms with Gasteiger partial charge in [-0.05, 0) is 42.5 Å². The lowest BCUT2D eigenvalue weighted by molar-refractivity contribution is 0.269. The van der Waals surface area contributed by atoms with Crippen molar-refractivity contribution < 1.29 is 4.74 Å². The van der Waals surface area contributed by atoms with E-state index in [1.807, 2.05) is 30.5 Å². The second kappa shape index (κ2) is 5.87. The first-order valence-corrected chi connectivity index (χ1v) is 6.64. The molecule has 0 saturated heterocycles. The lowest BCUT2D eigenvalue weighted by atomic mass is 9.91. The molecule has 2 rings (SSSR count). The molecule has 4 nitrogen and oxygen atoms in total. The average Bonchev–Trinajstić information content (AvgIpc) is 2.88. The minimum atomic E-state index is 0.375. The third-order valence-electron chi connectivity index (χ3n) is 2.86. The maximum atomic E-state index is 5.73. The summed E-state index contributed by atoms with van der Waals surface area (Å²) in [5, 5.41) is 7.73. The van der Waals surface area contributed by atoms with Crippen molar-refractivity contribution in [3.8, 4) is 11.4 Å². The van der Waals surface area contributed by atoms with Gasteiger partial charge >= 0.3 is 0 Å². The summed E-state index contributed by atoms with van der Waals surface area (Å²) in [4.78, 5) is 0. The van der Waals surface area contributed by atoms with Crippen molar-refractivity contribution in [2.45, 2.75) is 33.6 Å². The zero-order valence-electron chi connectivity index (χ0n) is 11.8. The van der Waals surface area contributed by atoms with Crippen LogP contribution in [0.15, 0.2) is 36.7 Å². The molecule has 0 atom stereocenters. The van der Waals surface area contributed by atoms with Crippen LogP contribution < -0.4 is 4.74 Å². The molecule has 0 amide bonds. The van der Waals surface area contributed by atoms with Crippen molar-refractivity contribution in [3.63, 3.8) is 0 Å². The predicted molar refractivity (Wildman–Crippen MR) is 75.5 cm³/mol. The maximum Gasteiger partial charge on any atom is 0.119 e. The first-order valence-electron chi connectivity index (χ1n) is 6.64. The number of rotatable bonds is 5. The molecule has 0 saturated carbocycles. The zero-order valence-corrected chi connectivity index (χ0v) is 11.8. The Morgan fingerprint density at radius 1 is 1.16 bits per heavy atom. The molecule has 1 aromatic heterocycles. The standard InChI is InChI=1S/C15H21N3O/c1-15(2,3)9-4-12-19-14-7-5-13(6-8-14)18-11-10-16-17-18/h5-8,10-11H,4,9,12H2,1-3H3. The number of ether oxygens (including phenoxy) is 1. The second-order valence-corrected chi connectivity index (χ2v) is 5.85. The topological polar surface area (TPSA) is 39.9 Å². The third kappa shape index (κ3) is 4.39. The molecule has 0 fully saturated rings. The number of nitrogens with zero attached hydrogens (tertiary/aromatic N) is 3. The van der Waals surface area contributed by atoms with Gasteiger partial charge in [0, 0.05) is 0 Å². The lowest BCUT2D eigenvalue weighted by Gasteiger charge is -2.17. The molecular formula is C15H21N3O. The van der Waals surface area contributed by atoms with Crippen LogP contribution in [0.2, 0.25) is 0 Å². The van der Waals surface area contributed by atoms with Crippen molar-refractivity contribution >= 4 is 0 Å². The zero-order chi connectivity index (χ0) is 13.7. The van der Waals surface area contributed by atoms with Crippen LogP contribution in [0.25, 0.3) is 5.69 Å². The Morgan fingerprint density at radius 3 is 2.47 bits per heavy atom. The Balaban J connectivity index is 1.83. The average molecular weight is 259 g/mol. The molecule has 4 heteroatoms. The molecule has 1 heterocycles. The van der Waals surface area contributed by atoms with Crippen molar-refractivity contribution in [2.24, 2.45) is 5.41 Å². The Labute approximate surface area is 114 Å². The Hall–Kier alpha value is -1.84. The van der Waals surface area contributed by atoms with Crippen LogP contribution >= 0.6 is 0 Å². The van der Waals surface area contributed by atoms with Crippen molar-refractivity contribution in [1.82, 2.24) is 15.0 Å². The normalized spacial score (nSPS) is 11.5. The third-order valence-corrected chi connectivity index (χ3v) is 2.86. The van der Waals surface area contributed by atoms with E-state index < -0.39 is 0 Å². The van der Waals surface area contributed by atoms with Gasteiger partial charge in [-0.2, -0.15) is 0 Å². The minimum Gasteiger partial charge on any atom is -0.494 e. The SMILES string of the molecule is CC(C)(C)CCCOc1ccc(-n2ccnn2)cc1. The summed E-state index contributed by atoms with van der Waals surface area (Å²) in [7, 11) is 0. The number of hydrogen-bond acceptors (Lipinski definition) is 3. The van der Waals surface area contributed by atoms with Gasteiger partial charge in [0.05, 0.1) is 24.7 Å². The van der Waals surface area contributed by atoms with Gasteiger partial charge in [0.15, 0.2) is 0 Å². The molecule has 0 radical (unpaired) electrons. The molecule has 0 spiro atoms. The molecule has 19 heavy (non-hydrogen) atoms. The summed E-state index contributed by atoms with van der Waals surface area (Å²) in [6, 6.07) is 7.89. The van der Waals surface area contributed by atoms with Gasteiger partial charge in [-0.3, -0.25) is 0 Å². The van der Waals surface area contributed by atoms with Gasteiger partial charge in [-0.25, -0.2) is 4.68 Å². The summed E-state index contributed by atoms with van der Waals surface area (Å²) in [6.07, 6.45) is 5.73. The fourth-order valence-electron chi connectivity index (χ4n) is 1.83. The van der Waals surface area contributed by atoms with Crippen LogP contribution in [0.1, 0.15) is 33.6 Å². The van der Waals surface area contributed by atoms with Crippen LogP contribution in [0.3, 0.4) is 0 Å². The maximum absolute atomic E-state index is 5.73.